The van der Waals surface area contributed by atoms with Crippen molar-refractivity contribution in [2.75, 3.05) is 18.5 Å². The van der Waals surface area contributed by atoms with Gasteiger partial charge in [-0.1, -0.05) is 24.3 Å². The second-order valence-corrected chi connectivity index (χ2v) is 7.17. The van der Waals surface area contributed by atoms with E-state index in [9.17, 15) is 9.59 Å². The van der Waals surface area contributed by atoms with Crippen molar-refractivity contribution in [1.29, 1.82) is 0 Å². The van der Waals surface area contributed by atoms with Gasteiger partial charge < -0.3 is 20.7 Å². The minimum Gasteiger partial charge on any atom is -0.492 e. The van der Waals surface area contributed by atoms with Crippen LogP contribution in [-0.4, -0.2) is 25.1 Å². The first-order valence-corrected chi connectivity index (χ1v) is 9.66. The van der Waals surface area contributed by atoms with Crippen LogP contribution in [0.25, 0.3) is 0 Å². The van der Waals surface area contributed by atoms with Gasteiger partial charge in [-0.15, -0.1) is 0 Å². The fourth-order valence-corrected chi connectivity index (χ4v) is 2.81. The highest BCUT2D eigenvalue weighted by Gasteiger charge is 2.29. The van der Waals surface area contributed by atoms with E-state index in [2.05, 4.69) is 16.0 Å². The van der Waals surface area contributed by atoms with Crippen molar-refractivity contribution < 1.29 is 14.3 Å². The van der Waals surface area contributed by atoms with Gasteiger partial charge in [-0.25, -0.2) is 4.79 Å². The highest BCUT2D eigenvalue weighted by atomic mass is 16.5. The number of carbonyl (C=O) groups is 2. The lowest BCUT2D eigenvalue weighted by atomic mass is 10.1. The molecule has 2 aromatic carbocycles. The van der Waals surface area contributed by atoms with Crippen LogP contribution in [0.15, 0.2) is 48.5 Å². The van der Waals surface area contributed by atoms with E-state index in [4.69, 9.17) is 4.74 Å². The zero-order valence-electron chi connectivity index (χ0n) is 16.3. The Hall–Kier alpha value is -3.02. The maximum absolute atomic E-state index is 12.1. The van der Waals surface area contributed by atoms with Gasteiger partial charge >= 0.3 is 6.03 Å². The van der Waals surface area contributed by atoms with Gasteiger partial charge in [0.2, 0.25) is 5.91 Å². The molecule has 0 aromatic heterocycles. The Morgan fingerprint density at radius 3 is 2.57 bits per heavy atom. The van der Waals surface area contributed by atoms with Crippen molar-refractivity contribution in [2.24, 2.45) is 5.92 Å². The molecule has 1 fully saturated rings. The highest BCUT2D eigenvalue weighted by Crippen LogP contribution is 2.30. The molecule has 148 valence electrons. The summed E-state index contributed by atoms with van der Waals surface area (Å²) in [6, 6.07) is 15.0. The average molecular weight is 381 g/mol. The van der Waals surface area contributed by atoms with Crippen LogP contribution in [0.2, 0.25) is 0 Å². The fraction of sp³-hybridized carbons (Fsp3) is 0.364. The number of hydrogen-bond acceptors (Lipinski definition) is 3. The molecule has 6 nitrogen and oxygen atoms in total. The van der Waals surface area contributed by atoms with Crippen molar-refractivity contribution >= 4 is 17.6 Å². The van der Waals surface area contributed by atoms with Crippen LogP contribution in [0.1, 0.15) is 36.9 Å². The van der Waals surface area contributed by atoms with Gasteiger partial charge in [-0.3, -0.25) is 4.79 Å². The molecular formula is C22H27N3O3. The minimum atomic E-state index is -0.244. The zero-order chi connectivity index (χ0) is 19.9. The summed E-state index contributed by atoms with van der Waals surface area (Å²) < 4.78 is 5.62. The molecule has 3 rings (SSSR count). The van der Waals surface area contributed by atoms with Gasteiger partial charge in [0.1, 0.15) is 12.4 Å². The summed E-state index contributed by atoms with van der Waals surface area (Å²) in [5.41, 5.74) is 2.89. The third kappa shape index (κ3) is 6.01. The van der Waals surface area contributed by atoms with Crippen LogP contribution in [0.4, 0.5) is 10.5 Å². The number of amides is 3. The van der Waals surface area contributed by atoms with E-state index in [1.165, 1.54) is 0 Å². The third-order valence-electron chi connectivity index (χ3n) is 4.62. The number of ether oxygens (including phenoxy) is 1. The molecule has 6 heteroatoms. The van der Waals surface area contributed by atoms with Crippen LogP contribution in [0, 0.1) is 12.8 Å². The molecule has 3 amide bonds. The predicted octanol–water partition coefficient (Wildman–Crippen LogP) is 3.78. The molecule has 28 heavy (non-hydrogen) atoms. The van der Waals surface area contributed by atoms with Crippen molar-refractivity contribution in [3.63, 3.8) is 0 Å². The summed E-state index contributed by atoms with van der Waals surface area (Å²) in [4.78, 5) is 23.8. The van der Waals surface area contributed by atoms with E-state index in [1.807, 2.05) is 62.4 Å². The summed E-state index contributed by atoms with van der Waals surface area (Å²) in [5, 5.41) is 8.60. The first-order valence-electron chi connectivity index (χ1n) is 9.66. The van der Waals surface area contributed by atoms with E-state index in [0.29, 0.717) is 13.2 Å². The Kier molecular flexibility index (Phi) is 6.53. The number of benzene rings is 2. The summed E-state index contributed by atoms with van der Waals surface area (Å²) in [6.07, 6.45) is 1.96. The van der Waals surface area contributed by atoms with Crippen molar-refractivity contribution in [2.45, 2.75) is 32.7 Å². The van der Waals surface area contributed by atoms with Gasteiger partial charge in [-0.05, 0) is 62.1 Å². The molecule has 1 aliphatic rings. The van der Waals surface area contributed by atoms with E-state index in [1.54, 1.807) is 0 Å². The molecular weight excluding hydrogens is 354 g/mol. The average Bonchev–Trinajstić information content (AvgIpc) is 3.51. The zero-order valence-corrected chi connectivity index (χ0v) is 16.3. The number of carbonyl (C=O) groups excluding carboxylic acids is 2. The number of nitrogens with one attached hydrogen (secondary N) is 3. The summed E-state index contributed by atoms with van der Waals surface area (Å²) in [6.45, 7) is 4.74. The van der Waals surface area contributed by atoms with E-state index in [0.717, 1.165) is 35.4 Å². The van der Waals surface area contributed by atoms with Crippen LogP contribution in [0.3, 0.4) is 0 Å². The predicted molar refractivity (Wildman–Crippen MR) is 109 cm³/mol. The number of urea groups is 1. The van der Waals surface area contributed by atoms with Gasteiger partial charge in [0.05, 0.1) is 12.6 Å². The lowest BCUT2D eigenvalue weighted by Crippen LogP contribution is -2.38. The molecule has 1 atom stereocenters. The Morgan fingerprint density at radius 2 is 1.89 bits per heavy atom. The lowest BCUT2D eigenvalue weighted by Gasteiger charge is -2.16. The van der Waals surface area contributed by atoms with E-state index in [-0.39, 0.29) is 23.9 Å². The monoisotopic (exact) mass is 381 g/mol. The Labute approximate surface area is 165 Å². The second-order valence-electron chi connectivity index (χ2n) is 7.17. The molecule has 0 spiro atoms. The van der Waals surface area contributed by atoms with Crippen LogP contribution in [-0.2, 0) is 4.79 Å². The van der Waals surface area contributed by atoms with Crippen LogP contribution in [0.5, 0.6) is 5.75 Å². The Bertz CT molecular complexity index is 816. The first kappa shape index (κ1) is 19.7. The topological polar surface area (TPSA) is 79.5 Å². The first-order chi connectivity index (χ1) is 13.5. The maximum Gasteiger partial charge on any atom is 0.315 e. The van der Waals surface area contributed by atoms with Gasteiger partial charge in [0.15, 0.2) is 0 Å². The van der Waals surface area contributed by atoms with Crippen LogP contribution < -0.4 is 20.7 Å². The molecule has 1 aliphatic carbocycles. The number of anilines is 1. The smallest absolute Gasteiger partial charge is 0.315 e. The standard InChI is InChI=1S/C22H27N3O3/c1-15-4-3-5-20(14-15)28-13-12-23-22(27)24-16(2)17-8-10-19(11-9-17)25-21(26)18-6-7-18/h3-5,8-11,14,16,18H,6-7,12-13H2,1-2H3,(H,25,26)(H2,23,24,27). The SMILES string of the molecule is Cc1cccc(OCCNC(=O)NC(C)c2ccc(NC(=O)C3CC3)cc2)c1. The molecule has 0 radical (unpaired) electrons. The Balaban J connectivity index is 1.37. The Morgan fingerprint density at radius 1 is 1.14 bits per heavy atom. The van der Waals surface area contributed by atoms with Crippen LogP contribution >= 0.6 is 0 Å². The third-order valence-corrected chi connectivity index (χ3v) is 4.62. The lowest BCUT2D eigenvalue weighted by molar-refractivity contribution is -0.117. The number of rotatable bonds is 8. The van der Waals surface area contributed by atoms with E-state index < -0.39 is 0 Å². The van der Waals surface area contributed by atoms with Crippen molar-refractivity contribution in [3.05, 3.63) is 59.7 Å². The largest absolute Gasteiger partial charge is 0.492 e. The fourth-order valence-electron chi connectivity index (χ4n) is 2.81. The summed E-state index contributed by atoms with van der Waals surface area (Å²) in [7, 11) is 0. The minimum absolute atomic E-state index is 0.0891. The van der Waals surface area contributed by atoms with E-state index >= 15 is 0 Å². The summed E-state index contributed by atoms with van der Waals surface area (Å²) >= 11 is 0. The van der Waals surface area contributed by atoms with Gasteiger partial charge in [0, 0.05) is 11.6 Å². The molecule has 3 N–H and O–H groups in total. The van der Waals surface area contributed by atoms with Crippen molar-refractivity contribution in [3.8, 4) is 5.75 Å². The van der Waals surface area contributed by atoms with Crippen molar-refractivity contribution in [1.82, 2.24) is 10.6 Å². The maximum atomic E-state index is 12.1. The van der Waals surface area contributed by atoms with Gasteiger partial charge in [0.25, 0.3) is 0 Å². The normalized spacial score (nSPS) is 14.1. The quantitative estimate of drug-likeness (QED) is 0.609. The molecule has 0 aliphatic heterocycles. The molecule has 0 saturated heterocycles. The molecule has 1 saturated carbocycles. The number of hydrogen-bond donors (Lipinski definition) is 3. The molecule has 0 heterocycles. The van der Waals surface area contributed by atoms with Gasteiger partial charge in [-0.2, -0.15) is 0 Å². The molecule has 2 aromatic rings. The highest BCUT2D eigenvalue weighted by molar-refractivity contribution is 5.94. The molecule has 1 unspecified atom stereocenters. The second kappa shape index (κ2) is 9.26. The summed E-state index contributed by atoms with van der Waals surface area (Å²) in [5.74, 6) is 1.06. The number of aryl methyl sites for hydroxylation is 1. The molecule has 0 bridgehead atoms.